The predicted octanol–water partition coefficient (Wildman–Crippen LogP) is 5.70. The number of halogens is 1. The Balaban J connectivity index is 1.40. The third kappa shape index (κ3) is 4.25. The summed E-state index contributed by atoms with van der Waals surface area (Å²) in [4.78, 5) is 17.7. The molecule has 0 spiro atoms. The smallest absolute Gasteiger partial charge is 0.258 e. The summed E-state index contributed by atoms with van der Waals surface area (Å²) in [6, 6.07) is 10.5. The number of amides is 1. The second-order valence-corrected chi connectivity index (χ2v) is 8.61. The lowest BCUT2D eigenvalue weighted by molar-refractivity contribution is 0.102. The zero-order chi connectivity index (χ0) is 24.5. The molecule has 0 saturated carbocycles. The lowest BCUT2D eigenvalue weighted by atomic mass is 9.94. The number of hydrogen-bond acceptors (Lipinski definition) is 7. The maximum absolute atomic E-state index is 12.9. The van der Waals surface area contributed by atoms with Crippen molar-refractivity contribution in [1.29, 1.82) is 0 Å². The third-order valence-electron chi connectivity index (χ3n) is 6.16. The molecule has 0 unspecified atom stereocenters. The van der Waals surface area contributed by atoms with Gasteiger partial charge in [0.05, 0.1) is 31.9 Å². The first-order valence-corrected chi connectivity index (χ1v) is 11.6. The number of carbonyl (C=O) groups excluding carboxylic acids is 1. The van der Waals surface area contributed by atoms with E-state index in [-0.39, 0.29) is 11.8 Å². The summed E-state index contributed by atoms with van der Waals surface area (Å²) in [5.74, 6) is 1.31. The SMILES string of the molecule is COc1cc(-c2cc(NC(=O)c3ccc4c(Cl)c5c(nc4c3)CCCC5)on2)cc(OC)c1OC. The highest BCUT2D eigenvalue weighted by atomic mass is 35.5. The van der Waals surface area contributed by atoms with Crippen LogP contribution in [0.25, 0.3) is 22.2 Å². The van der Waals surface area contributed by atoms with Crippen molar-refractivity contribution in [3.05, 3.63) is 58.2 Å². The summed E-state index contributed by atoms with van der Waals surface area (Å²) in [6.45, 7) is 0. The topological polar surface area (TPSA) is 95.7 Å². The van der Waals surface area contributed by atoms with Gasteiger partial charge in [0.1, 0.15) is 5.69 Å². The zero-order valence-corrected chi connectivity index (χ0v) is 20.4. The van der Waals surface area contributed by atoms with Crippen molar-refractivity contribution in [3.8, 4) is 28.5 Å². The Labute approximate surface area is 207 Å². The standard InChI is InChI=1S/C26H24ClN3O5/c1-32-21-11-15(12-22(33-2)25(21)34-3)19-13-23(35-30-19)29-26(31)14-8-9-17-20(10-14)28-18-7-5-4-6-16(18)24(17)27/h8-13H,4-7H2,1-3H3,(H,29,31). The van der Waals surface area contributed by atoms with Crippen LogP contribution in [0.4, 0.5) is 5.88 Å². The Bertz CT molecular complexity index is 1410. The zero-order valence-electron chi connectivity index (χ0n) is 19.6. The normalized spacial score (nSPS) is 12.8. The molecule has 5 rings (SSSR count). The molecule has 180 valence electrons. The molecule has 1 aliphatic rings. The maximum atomic E-state index is 12.9. The van der Waals surface area contributed by atoms with Crippen LogP contribution in [0.5, 0.6) is 17.2 Å². The van der Waals surface area contributed by atoms with Crippen LogP contribution < -0.4 is 19.5 Å². The first-order chi connectivity index (χ1) is 17.0. The minimum absolute atomic E-state index is 0.204. The lowest BCUT2D eigenvalue weighted by Gasteiger charge is -2.17. The van der Waals surface area contributed by atoms with Crippen LogP contribution in [-0.2, 0) is 12.8 Å². The van der Waals surface area contributed by atoms with Gasteiger partial charge in [0.2, 0.25) is 11.6 Å². The highest BCUT2D eigenvalue weighted by molar-refractivity contribution is 6.36. The van der Waals surface area contributed by atoms with E-state index in [4.69, 9.17) is 35.3 Å². The van der Waals surface area contributed by atoms with Gasteiger partial charge in [-0.2, -0.15) is 0 Å². The Hall–Kier alpha value is -3.78. The van der Waals surface area contributed by atoms with Gasteiger partial charge in [0.25, 0.3) is 5.91 Å². The number of benzene rings is 2. The highest BCUT2D eigenvalue weighted by Crippen LogP contribution is 2.41. The Morgan fingerprint density at radius 1 is 1.00 bits per heavy atom. The highest BCUT2D eigenvalue weighted by Gasteiger charge is 2.20. The summed E-state index contributed by atoms with van der Waals surface area (Å²) in [5, 5.41) is 8.42. The van der Waals surface area contributed by atoms with E-state index in [1.54, 1.807) is 30.3 Å². The van der Waals surface area contributed by atoms with Crippen molar-refractivity contribution in [2.45, 2.75) is 25.7 Å². The second-order valence-electron chi connectivity index (χ2n) is 8.23. The molecule has 0 radical (unpaired) electrons. The summed E-state index contributed by atoms with van der Waals surface area (Å²) >= 11 is 6.65. The van der Waals surface area contributed by atoms with E-state index in [2.05, 4.69) is 10.5 Å². The number of hydrogen-bond donors (Lipinski definition) is 1. The molecule has 1 N–H and O–H groups in total. The molecular formula is C26H24ClN3O5. The third-order valence-corrected chi connectivity index (χ3v) is 6.59. The number of rotatable bonds is 6. The summed E-state index contributed by atoms with van der Waals surface area (Å²) in [5.41, 5.74) is 4.48. The number of aryl methyl sites for hydroxylation is 1. The molecule has 9 heteroatoms. The number of pyridine rings is 1. The van der Waals surface area contributed by atoms with Crippen molar-refractivity contribution in [3.63, 3.8) is 0 Å². The molecule has 1 aliphatic carbocycles. The van der Waals surface area contributed by atoms with Crippen molar-refractivity contribution in [2.75, 3.05) is 26.6 Å². The molecule has 2 aromatic carbocycles. The molecule has 35 heavy (non-hydrogen) atoms. The molecule has 0 atom stereocenters. The number of fused-ring (bicyclic) bond motifs is 2. The van der Waals surface area contributed by atoms with Crippen LogP contribution in [0, 0.1) is 0 Å². The van der Waals surface area contributed by atoms with E-state index >= 15 is 0 Å². The summed E-state index contributed by atoms with van der Waals surface area (Å²) in [6.07, 6.45) is 4.07. The van der Waals surface area contributed by atoms with Gasteiger partial charge >= 0.3 is 0 Å². The van der Waals surface area contributed by atoms with Crippen LogP contribution in [0.2, 0.25) is 5.02 Å². The van der Waals surface area contributed by atoms with Gasteiger partial charge < -0.3 is 18.7 Å². The van der Waals surface area contributed by atoms with Gasteiger partial charge in [-0.1, -0.05) is 22.8 Å². The number of nitrogens with one attached hydrogen (secondary N) is 1. The number of anilines is 1. The Kier molecular flexibility index (Phi) is 6.21. The van der Waals surface area contributed by atoms with E-state index in [0.29, 0.717) is 39.6 Å². The van der Waals surface area contributed by atoms with Gasteiger partial charge in [-0.25, -0.2) is 0 Å². The molecule has 0 fully saturated rings. The number of carbonyl (C=O) groups is 1. The van der Waals surface area contributed by atoms with Crippen molar-refractivity contribution in [1.82, 2.24) is 10.1 Å². The fourth-order valence-electron chi connectivity index (χ4n) is 4.39. The minimum Gasteiger partial charge on any atom is -0.493 e. The van der Waals surface area contributed by atoms with E-state index in [1.807, 2.05) is 6.07 Å². The van der Waals surface area contributed by atoms with E-state index in [1.165, 1.54) is 21.3 Å². The maximum Gasteiger partial charge on any atom is 0.258 e. The first-order valence-electron chi connectivity index (χ1n) is 11.2. The summed E-state index contributed by atoms with van der Waals surface area (Å²) in [7, 11) is 4.61. The number of aromatic nitrogens is 2. The number of ether oxygens (including phenoxy) is 3. The minimum atomic E-state index is -0.338. The van der Waals surface area contributed by atoms with Crippen LogP contribution >= 0.6 is 11.6 Å². The fourth-order valence-corrected chi connectivity index (χ4v) is 4.75. The van der Waals surface area contributed by atoms with Crippen LogP contribution in [0.15, 0.2) is 40.9 Å². The van der Waals surface area contributed by atoms with Crippen molar-refractivity contribution < 1.29 is 23.5 Å². The number of methoxy groups -OCH3 is 3. The molecule has 2 heterocycles. The van der Waals surface area contributed by atoms with Gasteiger partial charge in [0.15, 0.2) is 11.5 Å². The van der Waals surface area contributed by atoms with Gasteiger partial charge in [-0.05, 0) is 55.5 Å². The molecule has 8 nitrogen and oxygen atoms in total. The molecule has 0 bridgehead atoms. The lowest BCUT2D eigenvalue weighted by Crippen LogP contribution is -2.12. The van der Waals surface area contributed by atoms with Crippen LogP contribution in [0.1, 0.15) is 34.5 Å². The monoisotopic (exact) mass is 493 g/mol. The average Bonchev–Trinajstić information content (AvgIpc) is 3.36. The van der Waals surface area contributed by atoms with E-state index in [0.717, 1.165) is 47.3 Å². The van der Waals surface area contributed by atoms with Crippen molar-refractivity contribution >= 4 is 34.3 Å². The van der Waals surface area contributed by atoms with Crippen molar-refractivity contribution in [2.24, 2.45) is 0 Å². The largest absolute Gasteiger partial charge is 0.493 e. The van der Waals surface area contributed by atoms with E-state index in [9.17, 15) is 4.79 Å². The Morgan fingerprint density at radius 2 is 1.74 bits per heavy atom. The number of nitrogens with zero attached hydrogens (tertiary/aromatic N) is 2. The average molecular weight is 494 g/mol. The molecule has 1 amide bonds. The summed E-state index contributed by atoms with van der Waals surface area (Å²) < 4.78 is 21.5. The molecule has 0 saturated heterocycles. The molecule has 0 aliphatic heterocycles. The first kappa shape index (κ1) is 23.0. The quantitative estimate of drug-likeness (QED) is 0.368. The van der Waals surface area contributed by atoms with Gasteiger partial charge in [-0.15, -0.1) is 0 Å². The Morgan fingerprint density at radius 3 is 2.46 bits per heavy atom. The fraction of sp³-hybridized carbons (Fsp3) is 0.269. The molecule has 2 aromatic heterocycles. The van der Waals surface area contributed by atoms with Gasteiger partial charge in [0, 0.05) is 28.3 Å². The van der Waals surface area contributed by atoms with Gasteiger partial charge in [-0.3, -0.25) is 15.1 Å². The van der Waals surface area contributed by atoms with Crippen LogP contribution in [-0.4, -0.2) is 37.4 Å². The molecule has 4 aromatic rings. The predicted molar refractivity (Wildman–Crippen MR) is 133 cm³/mol. The van der Waals surface area contributed by atoms with E-state index < -0.39 is 0 Å². The second kappa shape index (κ2) is 9.46. The van der Waals surface area contributed by atoms with Crippen LogP contribution in [0.3, 0.4) is 0 Å². The molecular weight excluding hydrogens is 470 g/mol.